The Morgan fingerprint density at radius 2 is 1.47 bits per heavy atom. The van der Waals surface area contributed by atoms with Crippen LogP contribution in [-0.2, 0) is 9.59 Å². The normalized spacial score (nSPS) is 53.7. The topological polar surface area (TPSA) is 115 Å². The van der Waals surface area contributed by atoms with Gasteiger partial charge in [-0.15, -0.1) is 0 Å². The molecule has 4 N–H and O–H groups in total. The highest BCUT2D eigenvalue weighted by molar-refractivity contribution is 5.79. The number of allylic oxidation sites excluding steroid dienone is 2. The van der Waals surface area contributed by atoms with E-state index in [1.165, 1.54) is 5.57 Å². The number of fused-ring (bicyclic) bond motifs is 7. The van der Waals surface area contributed by atoms with Gasteiger partial charge in [0.15, 0.2) is 0 Å². The van der Waals surface area contributed by atoms with Gasteiger partial charge in [-0.2, -0.15) is 0 Å². The number of aliphatic carboxylic acids is 2. The molecule has 10 atom stereocenters. The zero-order chi connectivity index (χ0) is 26.7. The lowest BCUT2D eigenvalue weighted by Crippen LogP contribution is -2.67. The van der Waals surface area contributed by atoms with Crippen molar-refractivity contribution in [2.45, 2.75) is 112 Å². The monoisotopic (exact) mass is 502 g/mol. The first-order chi connectivity index (χ1) is 16.5. The van der Waals surface area contributed by atoms with Crippen LogP contribution in [0.5, 0.6) is 0 Å². The number of carboxylic acids is 2. The average molecular weight is 503 g/mol. The van der Waals surface area contributed by atoms with Crippen molar-refractivity contribution in [1.29, 1.82) is 0 Å². The first-order valence-corrected chi connectivity index (χ1v) is 14.0. The molecule has 0 aromatic heterocycles. The molecule has 202 valence electrons. The van der Waals surface area contributed by atoms with Crippen LogP contribution in [0.25, 0.3) is 0 Å². The van der Waals surface area contributed by atoms with Crippen LogP contribution >= 0.6 is 0 Å². The van der Waals surface area contributed by atoms with Crippen molar-refractivity contribution in [3.8, 4) is 0 Å². The molecule has 5 aliphatic rings. The molecular weight excluding hydrogens is 456 g/mol. The van der Waals surface area contributed by atoms with Crippen molar-refractivity contribution in [3.05, 3.63) is 11.6 Å². The summed E-state index contributed by atoms with van der Waals surface area (Å²) in [5.74, 6) is -1.24. The molecule has 4 saturated carbocycles. The smallest absolute Gasteiger partial charge is 0.310 e. The molecule has 4 fully saturated rings. The van der Waals surface area contributed by atoms with E-state index in [-0.39, 0.29) is 27.6 Å². The zero-order valence-electron chi connectivity index (χ0n) is 22.9. The molecule has 6 nitrogen and oxygen atoms in total. The Morgan fingerprint density at radius 1 is 0.833 bits per heavy atom. The summed E-state index contributed by atoms with van der Waals surface area (Å²) < 4.78 is 0. The molecular formula is C30H46O6. The van der Waals surface area contributed by atoms with E-state index in [0.29, 0.717) is 43.9 Å². The Labute approximate surface area is 215 Å². The van der Waals surface area contributed by atoms with Crippen LogP contribution in [-0.4, -0.2) is 44.6 Å². The summed E-state index contributed by atoms with van der Waals surface area (Å²) >= 11 is 0. The Morgan fingerprint density at radius 3 is 2.08 bits per heavy atom. The van der Waals surface area contributed by atoms with Crippen molar-refractivity contribution in [3.63, 3.8) is 0 Å². The number of hydrogen-bond donors (Lipinski definition) is 4. The van der Waals surface area contributed by atoms with Gasteiger partial charge in [-0.05, 0) is 104 Å². The van der Waals surface area contributed by atoms with Gasteiger partial charge in [0.1, 0.15) is 0 Å². The van der Waals surface area contributed by atoms with Gasteiger partial charge < -0.3 is 20.4 Å². The van der Waals surface area contributed by atoms with Crippen molar-refractivity contribution in [1.82, 2.24) is 0 Å². The molecule has 0 spiro atoms. The van der Waals surface area contributed by atoms with Crippen molar-refractivity contribution in [2.75, 3.05) is 0 Å². The second kappa shape index (κ2) is 7.59. The second-order valence-corrected chi connectivity index (χ2v) is 14.9. The van der Waals surface area contributed by atoms with Crippen molar-refractivity contribution >= 4 is 11.9 Å². The lowest BCUT2D eigenvalue weighted by molar-refractivity contribution is -0.232. The highest BCUT2D eigenvalue weighted by Crippen LogP contribution is 2.75. The molecule has 5 aliphatic carbocycles. The van der Waals surface area contributed by atoms with Crippen LogP contribution in [0.4, 0.5) is 0 Å². The number of carboxylic acid groups (broad SMARTS) is 2. The Bertz CT molecular complexity index is 1020. The SMILES string of the molecule is CC1(C(=O)O)CC[C@]2(C(=O)O)CC[C@]3(C)C(=CC[C@@H]4[C@@]5(C)C[C@H](O)[C@H](O)C(C)(C)C5CC[C@]43C)[C@H]2C1. The van der Waals surface area contributed by atoms with Gasteiger partial charge in [-0.1, -0.05) is 46.3 Å². The molecule has 36 heavy (non-hydrogen) atoms. The number of aliphatic hydroxyl groups excluding tert-OH is 2. The molecule has 2 unspecified atom stereocenters. The maximum absolute atomic E-state index is 12.8. The van der Waals surface area contributed by atoms with E-state index in [0.717, 1.165) is 25.7 Å². The predicted molar refractivity (Wildman–Crippen MR) is 136 cm³/mol. The number of aliphatic hydroxyl groups is 2. The van der Waals surface area contributed by atoms with E-state index >= 15 is 0 Å². The van der Waals surface area contributed by atoms with E-state index in [1.807, 2.05) is 0 Å². The van der Waals surface area contributed by atoms with Gasteiger partial charge in [-0.3, -0.25) is 9.59 Å². The van der Waals surface area contributed by atoms with Crippen LogP contribution in [0, 0.1) is 50.2 Å². The minimum atomic E-state index is -0.905. The summed E-state index contributed by atoms with van der Waals surface area (Å²) in [4.78, 5) is 25.0. The molecule has 0 aromatic rings. The summed E-state index contributed by atoms with van der Waals surface area (Å²) in [6.45, 7) is 13.0. The number of carbonyl (C=O) groups is 2. The van der Waals surface area contributed by atoms with Crippen molar-refractivity contribution < 1.29 is 30.0 Å². The molecule has 0 aliphatic heterocycles. The third-order valence-electron chi connectivity index (χ3n) is 13.3. The fourth-order valence-electron chi connectivity index (χ4n) is 10.8. The first-order valence-electron chi connectivity index (χ1n) is 14.0. The van der Waals surface area contributed by atoms with Gasteiger partial charge >= 0.3 is 11.9 Å². The quantitative estimate of drug-likeness (QED) is 0.383. The van der Waals surface area contributed by atoms with Gasteiger partial charge in [-0.25, -0.2) is 0 Å². The lowest BCUT2D eigenvalue weighted by Gasteiger charge is -2.71. The first kappa shape index (κ1) is 26.2. The molecule has 0 saturated heterocycles. The molecule has 0 bridgehead atoms. The summed E-state index contributed by atoms with van der Waals surface area (Å²) in [7, 11) is 0. The highest BCUT2D eigenvalue weighted by atomic mass is 16.4. The molecule has 0 heterocycles. The van der Waals surface area contributed by atoms with Crippen LogP contribution in [0.1, 0.15) is 99.3 Å². The Kier molecular flexibility index (Phi) is 5.53. The Balaban J connectivity index is 1.61. The van der Waals surface area contributed by atoms with E-state index in [9.17, 15) is 30.0 Å². The maximum atomic E-state index is 12.8. The number of rotatable bonds is 2. The highest BCUT2D eigenvalue weighted by Gasteiger charge is 2.70. The fraction of sp³-hybridized carbons (Fsp3) is 0.867. The minimum absolute atomic E-state index is 0.0812. The van der Waals surface area contributed by atoms with Crippen LogP contribution in [0.3, 0.4) is 0 Å². The third-order valence-corrected chi connectivity index (χ3v) is 13.3. The van der Waals surface area contributed by atoms with Crippen LogP contribution in [0.2, 0.25) is 0 Å². The van der Waals surface area contributed by atoms with E-state index in [4.69, 9.17) is 0 Å². The third kappa shape index (κ3) is 2.98. The average Bonchev–Trinajstić information content (AvgIpc) is 2.77. The maximum Gasteiger partial charge on any atom is 0.310 e. The minimum Gasteiger partial charge on any atom is -0.481 e. The van der Waals surface area contributed by atoms with Gasteiger partial charge in [0, 0.05) is 0 Å². The van der Waals surface area contributed by atoms with Crippen molar-refractivity contribution in [2.24, 2.45) is 50.2 Å². The standard InChI is InChI=1S/C30H46O6/c1-25(2)20-9-10-29(6)21(27(20,4)16-19(31)22(25)32)8-7-17-18-15-26(3,23(33)34)11-13-30(18,24(35)36)14-12-28(17,29)5/h7,18-22,31-32H,8-16H2,1-6H3,(H,33,34)(H,35,36)/t18-,19+,20?,21-,22+,26?,27+,28-,29-,30+/m1/s1. The van der Waals surface area contributed by atoms with Gasteiger partial charge in [0.2, 0.25) is 0 Å². The molecule has 0 aromatic carbocycles. The van der Waals surface area contributed by atoms with E-state index in [1.54, 1.807) is 6.92 Å². The summed E-state index contributed by atoms with van der Waals surface area (Å²) in [6.07, 6.45) is 6.81. The molecule has 0 amide bonds. The zero-order valence-corrected chi connectivity index (χ0v) is 22.9. The lowest BCUT2D eigenvalue weighted by atomic mass is 9.33. The molecule has 5 rings (SSSR count). The van der Waals surface area contributed by atoms with Gasteiger partial charge in [0.25, 0.3) is 0 Å². The van der Waals surface area contributed by atoms with Crippen LogP contribution in [0.15, 0.2) is 11.6 Å². The van der Waals surface area contributed by atoms with E-state index in [2.05, 4.69) is 40.7 Å². The summed E-state index contributed by atoms with van der Waals surface area (Å²) in [5.41, 5.74) is -1.40. The second-order valence-electron chi connectivity index (χ2n) is 14.9. The largest absolute Gasteiger partial charge is 0.481 e. The Hall–Kier alpha value is -1.40. The number of hydrogen-bond acceptors (Lipinski definition) is 4. The summed E-state index contributed by atoms with van der Waals surface area (Å²) in [5, 5.41) is 42.4. The van der Waals surface area contributed by atoms with E-state index < -0.39 is 35.0 Å². The summed E-state index contributed by atoms with van der Waals surface area (Å²) in [6, 6.07) is 0. The predicted octanol–water partition coefficient (Wildman–Crippen LogP) is 5.27. The molecule has 0 radical (unpaired) electrons. The fourth-order valence-corrected chi connectivity index (χ4v) is 10.8. The molecule has 6 heteroatoms. The van der Waals surface area contributed by atoms with Gasteiger partial charge in [0.05, 0.1) is 23.0 Å². The van der Waals surface area contributed by atoms with Crippen LogP contribution < -0.4 is 0 Å².